The average molecular weight is 630 g/mol. The smallest absolute Gasteiger partial charge is 0.306 e. The van der Waals surface area contributed by atoms with E-state index in [0.717, 1.165) is 17.9 Å². The number of Topliss-reactive ketones (excluding diaryl/α,β-unsaturated/α-hetero) is 1. The summed E-state index contributed by atoms with van der Waals surface area (Å²) in [5.74, 6) is 0.593. The summed E-state index contributed by atoms with van der Waals surface area (Å²) >= 11 is 13.3. The van der Waals surface area contributed by atoms with E-state index in [2.05, 4.69) is 63.7 Å². The summed E-state index contributed by atoms with van der Waals surface area (Å²) in [6.45, 7) is 0.654. The lowest BCUT2D eigenvalue weighted by molar-refractivity contribution is -0.137. The van der Waals surface area contributed by atoms with Crippen LogP contribution in [-0.4, -0.2) is 30.1 Å². The van der Waals surface area contributed by atoms with Crippen LogP contribution in [-0.2, 0) is 4.79 Å². The number of carboxylic acids is 1. The maximum absolute atomic E-state index is 11.5. The molecule has 27 heavy (non-hydrogen) atoms. The number of rotatable bonds is 4. The van der Waals surface area contributed by atoms with Crippen LogP contribution in [0.1, 0.15) is 23.2 Å². The van der Waals surface area contributed by atoms with Crippen molar-refractivity contribution < 1.29 is 24.2 Å². The first-order chi connectivity index (χ1) is 12.8. The molecule has 1 heterocycles. The maximum Gasteiger partial charge on any atom is 0.306 e. The van der Waals surface area contributed by atoms with Gasteiger partial charge in [-0.3, -0.25) is 9.59 Å². The molecule has 3 rings (SSSR count). The van der Waals surface area contributed by atoms with Gasteiger partial charge >= 0.3 is 5.97 Å². The van der Waals surface area contributed by atoms with Crippen LogP contribution in [0.3, 0.4) is 0 Å². The van der Waals surface area contributed by atoms with Gasteiger partial charge < -0.3 is 14.6 Å². The molecule has 9 heteroatoms. The number of hydrogen-bond acceptors (Lipinski definition) is 4. The van der Waals surface area contributed by atoms with Crippen LogP contribution in [0.4, 0.5) is 0 Å². The van der Waals surface area contributed by atoms with Crippen LogP contribution in [0.15, 0.2) is 48.2 Å². The summed E-state index contributed by atoms with van der Waals surface area (Å²) in [4.78, 5) is 21.7. The highest BCUT2D eigenvalue weighted by atomic mass is 79.9. The van der Waals surface area contributed by atoms with Crippen molar-refractivity contribution in [1.82, 2.24) is 0 Å². The van der Waals surface area contributed by atoms with Crippen molar-refractivity contribution in [3.63, 3.8) is 0 Å². The van der Waals surface area contributed by atoms with Gasteiger partial charge in [-0.25, -0.2) is 0 Å². The molecule has 1 aliphatic heterocycles. The maximum atomic E-state index is 11.5. The summed E-state index contributed by atoms with van der Waals surface area (Å²) in [5, 5.41) is 8.41. The zero-order valence-corrected chi connectivity index (χ0v) is 20.2. The van der Waals surface area contributed by atoms with Crippen molar-refractivity contribution in [2.45, 2.75) is 12.8 Å². The lowest BCUT2D eigenvalue weighted by atomic mass is 10.1. The number of carbonyl (C=O) groups excluding carboxylic acids is 1. The van der Waals surface area contributed by atoms with Crippen molar-refractivity contribution in [2.24, 2.45) is 0 Å². The molecule has 0 unspecified atom stereocenters. The molecular weight excluding hydrogens is 616 g/mol. The largest absolute Gasteiger partial charge is 0.492 e. The Bertz CT molecular complexity index is 854. The fourth-order valence-corrected chi connectivity index (χ4v) is 4.64. The molecular formula is C18H14Br4O5. The van der Waals surface area contributed by atoms with Crippen LogP contribution < -0.4 is 9.47 Å². The Morgan fingerprint density at radius 2 is 1.78 bits per heavy atom. The summed E-state index contributed by atoms with van der Waals surface area (Å²) in [5.41, 5.74) is 0.660. The number of carbonyl (C=O) groups is 2. The molecule has 2 aromatic rings. The van der Waals surface area contributed by atoms with Gasteiger partial charge in [-0.2, -0.15) is 0 Å². The lowest BCUT2D eigenvalue weighted by Crippen LogP contribution is -2.15. The van der Waals surface area contributed by atoms with Crippen LogP contribution in [0.2, 0.25) is 0 Å². The SMILES string of the molecule is O=C(O)CCOc1ccc(Br)cc1Br.O=C1CCOc2c(Br)cc(Br)cc21. The fourth-order valence-electron chi connectivity index (χ4n) is 2.14. The molecule has 0 fully saturated rings. The van der Waals surface area contributed by atoms with Crippen molar-refractivity contribution in [3.05, 3.63) is 53.8 Å². The van der Waals surface area contributed by atoms with E-state index in [9.17, 15) is 9.59 Å². The van der Waals surface area contributed by atoms with Crippen molar-refractivity contribution in [2.75, 3.05) is 13.2 Å². The van der Waals surface area contributed by atoms with Gasteiger partial charge in [-0.05, 0) is 62.2 Å². The molecule has 0 radical (unpaired) electrons. The Kier molecular flexibility index (Phi) is 8.78. The topological polar surface area (TPSA) is 72.8 Å². The molecule has 2 aromatic carbocycles. The molecule has 144 valence electrons. The first kappa shape index (κ1) is 22.4. The Morgan fingerprint density at radius 3 is 2.44 bits per heavy atom. The van der Waals surface area contributed by atoms with Crippen LogP contribution in [0, 0.1) is 0 Å². The van der Waals surface area contributed by atoms with Gasteiger partial charge in [-0.15, -0.1) is 0 Å². The molecule has 1 aliphatic rings. The number of aliphatic carboxylic acids is 1. The van der Waals surface area contributed by atoms with Crippen LogP contribution in [0.5, 0.6) is 11.5 Å². The third kappa shape index (κ3) is 6.89. The number of fused-ring (bicyclic) bond motifs is 1. The first-order valence-electron chi connectivity index (χ1n) is 7.72. The number of carboxylic acid groups (broad SMARTS) is 1. The zero-order valence-electron chi connectivity index (χ0n) is 13.8. The van der Waals surface area contributed by atoms with Gasteiger partial charge in [0.1, 0.15) is 11.5 Å². The summed E-state index contributed by atoms with van der Waals surface area (Å²) in [6.07, 6.45) is 0.471. The van der Waals surface area contributed by atoms with E-state index in [4.69, 9.17) is 14.6 Å². The minimum absolute atomic E-state index is 0.00248. The highest BCUT2D eigenvalue weighted by Crippen LogP contribution is 2.35. The molecule has 0 aromatic heterocycles. The zero-order chi connectivity index (χ0) is 20.0. The van der Waals surface area contributed by atoms with Gasteiger partial charge in [0, 0.05) is 15.4 Å². The van der Waals surface area contributed by atoms with E-state index in [1.807, 2.05) is 18.2 Å². The lowest BCUT2D eigenvalue weighted by Gasteiger charge is -2.17. The Morgan fingerprint density at radius 1 is 1.07 bits per heavy atom. The quantitative estimate of drug-likeness (QED) is 0.434. The number of hydrogen-bond donors (Lipinski definition) is 1. The minimum Gasteiger partial charge on any atom is -0.492 e. The Hall–Kier alpha value is -0.900. The van der Waals surface area contributed by atoms with E-state index in [-0.39, 0.29) is 18.8 Å². The molecule has 1 N–H and O–H groups in total. The molecule has 0 saturated heterocycles. The van der Waals surface area contributed by atoms with E-state index in [1.54, 1.807) is 12.1 Å². The van der Waals surface area contributed by atoms with Gasteiger partial charge in [0.15, 0.2) is 5.78 Å². The summed E-state index contributed by atoms with van der Waals surface area (Å²) in [7, 11) is 0. The second kappa shape index (κ2) is 10.6. The van der Waals surface area contributed by atoms with E-state index in [0.29, 0.717) is 30.1 Å². The van der Waals surface area contributed by atoms with Crippen LogP contribution >= 0.6 is 63.7 Å². The molecule has 0 spiro atoms. The van der Waals surface area contributed by atoms with Gasteiger partial charge in [0.05, 0.1) is 34.1 Å². The fraction of sp³-hybridized carbons (Fsp3) is 0.222. The third-order valence-corrected chi connectivity index (χ3v) is 5.51. The van der Waals surface area contributed by atoms with Gasteiger partial charge in [0.25, 0.3) is 0 Å². The predicted octanol–water partition coefficient (Wildman–Crippen LogP) is 6.24. The number of benzene rings is 2. The standard InChI is InChI=1S/C9H8Br2O3.C9H6Br2O2/c10-6-1-2-8(7(11)5-6)14-4-3-9(12)13;10-5-3-6-8(12)1-2-13-9(6)7(11)4-5/h1-2,5H,3-4H2,(H,12,13);3-4H,1-2H2. The van der Waals surface area contributed by atoms with Crippen LogP contribution in [0.25, 0.3) is 0 Å². The summed E-state index contributed by atoms with van der Waals surface area (Å²) in [6, 6.07) is 9.12. The first-order valence-corrected chi connectivity index (χ1v) is 10.9. The highest BCUT2D eigenvalue weighted by Gasteiger charge is 2.21. The molecule has 0 amide bonds. The van der Waals surface area contributed by atoms with E-state index < -0.39 is 5.97 Å². The van der Waals surface area contributed by atoms with E-state index in [1.165, 1.54) is 0 Å². The van der Waals surface area contributed by atoms with Crippen molar-refractivity contribution in [3.8, 4) is 11.5 Å². The second-order valence-electron chi connectivity index (χ2n) is 5.35. The molecule has 0 aliphatic carbocycles. The molecule has 0 saturated carbocycles. The van der Waals surface area contributed by atoms with Crippen molar-refractivity contribution in [1.29, 1.82) is 0 Å². The van der Waals surface area contributed by atoms with Crippen molar-refractivity contribution >= 4 is 75.5 Å². The normalized spacial score (nSPS) is 12.4. The number of halogens is 4. The Balaban J connectivity index is 0.000000194. The van der Waals surface area contributed by atoms with Gasteiger partial charge in [0.2, 0.25) is 0 Å². The Labute approximate surface area is 189 Å². The minimum atomic E-state index is -0.863. The number of ketones is 1. The predicted molar refractivity (Wildman–Crippen MR) is 116 cm³/mol. The highest BCUT2D eigenvalue weighted by molar-refractivity contribution is 9.11. The second-order valence-corrected chi connectivity index (χ2v) is 8.89. The van der Waals surface area contributed by atoms with Gasteiger partial charge in [-0.1, -0.05) is 31.9 Å². The molecule has 5 nitrogen and oxygen atoms in total. The summed E-state index contributed by atoms with van der Waals surface area (Å²) < 4.78 is 14.1. The van der Waals surface area contributed by atoms with E-state index >= 15 is 0 Å². The number of ether oxygens (including phenoxy) is 2. The molecule has 0 atom stereocenters. The molecule has 0 bridgehead atoms. The monoisotopic (exact) mass is 626 g/mol. The third-order valence-electron chi connectivity index (χ3n) is 3.35. The average Bonchev–Trinajstić information content (AvgIpc) is 2.58.